The van der Waals surface area contributed by atoms with E-state index in [1.807, 2.05) is 11.4 Å². The van der Waals surface area contributed by atoms with Crippen LogP contribution in [0.1, 0.15) is 12.8 Å². The Kier molecular flexibility index (Phi) is 4.36. The Morgan fingerprint density at radius 1 is 1.47 bits per heavy atom. The van der Waals surface area contributed by atoms with E-state index in [1.54, 1.807) is 0 Å². The number of nitrogens with one attached hydrogen (secondary N) is 1. The van der Waals surface area contributed by atoms with E-state index in [9.17, 15) is 4.79 Å². The van der Waals surface area contributed by atoms with E-state index >= 15 is 0 Å². The van der Waals surface area contributed by atoms with Gasteiger partial charge in [-0.1, -0.05) is 0 Å². The van der Waals surface area contributed by atoms with Crippen molar-refractivity contribution in [1.29, 1.82) is 0 Å². The minimum absolute atomic E-state index is 0.138. The highest BCUT2D eigenvalue weighted by molar-refractivity contribution is 5.69. The Bertz CT molecular complexity index is 264. The van der Waals surface area contributed by atoms with Crippen molar-refractivity contribution in [3.8, 4) is 0 Å². The van der Waals surface area contributed by atoms with Crippen LogP contribution >= 0.6 is 0 Å². The number of piperidine rings is 1. The van der Waals surface area contributed by atoms with E-state index in [-0.39, 0.29) is 6.54 Å². The van der Waals surface area contributed by atoms with E-state index < -0.39 is 5.97 Å². The van der Waals surface area contributed by atoms with Crippen molar-refractivity contribution in [2.24, 2.45) is 5.92 Å². The molecule has 97 valence electrons. The van der Waals surface area contributed by atoms with Crippen LogP contribution in [0, 0.1) is 12.5 Å². The van der Waals surface area contributed by atoms with Crippen molar-refractivity contribution >= 4 is 5.97 Å². The number of carboxylic acid groups (broad SMARTS) is 1. The minimum atomic E-state index is -0.735. The summed E-state index contributed by atoms with van der Waals surface area (Å²) in [5.41, 5.74) is 0. The smallest absolute Gasteiger partial charge is 0.317 e. The maximum absolute atomic E-state index is 10.9. The Morgan fingerprint density at radius 3 is 2.82 bits per heavy atom. The largest absolute Gasteiger partial charge is 0.480 e. The Hall–Kier alpha value is -0.650. The standard InChI is InChI=1S/C12H22N3O2/c1-14-5-2-10(3-6-14)11-8-13-4-7-15(11)9-12(16)17/h7,10-11,13H,2-6,8-9H2,1H3,(H,16,17). The number of piperazine rings is 1. The van der Waals surface area contributed by atoms with Gasteiger partial charge in [-0.25, -0.2) is 0 Å². The first-order valence-corrected chi connectivity index (χ1v) is 6.37. The molecule has 17 heavy (non-hydrogen) atoms. The number of hydrogen-bond acceptors (Lipinski definition) is 4. The monoisotopic (exact) mass is 240 g/mol. The van der Waals surface area contributed by atoms with Crippen LogP contribution < -0.4 is 5.32 Å². The summed E-state index contributed by atoms with van der Waals surface area (Å²) in [4.78, 5) is 15.2. The fraction of sp³-hybridized carbons (Fsp3) is 0.833. The number of carbonyl (C=O) groups is 1. The third kappa shape index (κ3) is 3.40. The molecule has 0 aromatic rings. The molecule has 2 aliphatic rings. The molecule has 0 saturated carbocycles. The van der Waals surface area contributed by atoms with E-state index in [0.29, 0.717) is 12.0 Å². The summed E-state index contributed by atoms with van der Waals surface area (Å²) < 4.78 is 0. The van der Waals surface area contributed by atoms with Gasteiger partial charge < -0.3 is 15.3 Å². The first kappa shape index (κ1) is 12.8. The predicted molar refractivity (Wildman–Crippen MR) is 65.5 cm³/mol. The van der Waals surface area contributed by atoms with Crippen LogP contribution in [-0.2, 0) is 4.79 Å². The van der Waals surface area contributed by atoms with Gasteiger partial charge in [-0.15, -0.1) is 0 Å². The molecule has 0 spiro atoms. The molecule has 5 nitrogen and oxygen atoms in total. The molecule has 0 bridgehead atoms. The van der Waals surface area contributed by atoms with Crippen molar-refractivity contribution in [3.05, 3.63) is 6.54 Å². The lowest BCUT2D eigenvalue weighted by atomic mass is 9.87. The summed E-state index contributed by atoms with van der Waals surface area (Å²) in [6.07, 6.45) is 2.35. The predicted octanol–water partition coefficient (Wildman–Crippen LogP) is -0.152. The number of likely N-dealkylation sites (tertiary alicyclic amines) is 1. The second-order valence-electron chi connectivity index (χ2n) is 5.11. The Labute approximate surface area is 103 Å². The molecule has 2 rings (SSSR count). The highest BCUT2D eigenvalue weighted by atomic mass is 16.4. The van der Waals surface area contributed by atoms with Gasteiger partial charge in [0.15, 0.2) is 0 Å². The van der Waals surface area contributed by atoms with E-state index in [0.717, 1.165) is 26.2 Å². The average molecular weight is 240 g/mol. The van der Waals surface area contributed by atoms with Crippen molar-refractivity contribution in [2.75, 3.05) is 39.8 Å². The van der Waals surface area contributed by atoms with Gasteiger partial charge >= 0.3 is 5.97 Å². The van der Waals surface area contributed by atoms with E-state index in [2.05, 4.69) is 17.3 Å². The lowest BCUT2D eigenvalue weighted by molar-refractivity contribution is -0.139. The molecule has 0 amide bonds. The number of aliphatic carboxylic acids is 1. The molecule has 0 aromatic heterocycles. The van der Waals surface area contributed by atoms with E-state index in [4.69, 9.17) is 5.11 Å². The van der Waals surface area contributed by atoms with Gasteiger partial charge in [-0.05, 0) is 38.9 Å². The van der Waals surface area contributed by atoms with Gasteiger partial charge in [0, 0.05) is 25.7 Å². The Balaban J connectivity index is 1.93. The lowest BCUT2D eigenvalue weighted by Crippen LogP contribution is -2.54. The number of hydrogen-bond donors (Lipinski definition) is 2. The normalized spacial score (nSPS) is 29.4. The van der Waals surface area contributed by atoms with E-state index in [1.165, 1.54) is 12.8 Å². The van der Waals surface area contributed by atoms with Gasteiger partial charge in [-0.2, -0.15) is 0 Å². The van der Waals surface area contributed by atoms with Crippen LogP contribution in [0.4, 0.5) is 0 Å². The third-order valence-corrected chi connectivity index (χ3v) is 3.87. The van der Waals surface area contributed by atoms with Crippen LogP contribution in [0.25, 0.3) is 0 Å². The second kappa shape index (κ2) is 5.80. The maximum atomic E-state index is 10.9. The summed E-state index contributed by atoms with van der Waals surface area (Å²) in [5, 5.41) is 12.3. The first-order valence-electron chi connectivity index (χ1n) is 6.37. The number of carboxylic acids is 1. The molecule has 2 fully saturated rings. The van der Waals surface area contributed by atoms with Gasteiger partial charge in [0.05, 0.1) is 6.54 Å². The summed E-state index contributed by atoms with van der Waals surface area (Å²) in [6, 6.07) is 0.355. The zero-order valence-corrected chi connectivity index (χ0v) is 10.4. The Morgan fingerprint density at radius 2 is 2.18 bits per heavy atom. The van der Waals surface area contributed by atoms with Crippen molar-refractivity contribution in [1.82, 2.24) is 15.1 Å². The summed E-state index contributed by atoms with van der Waals surface area (Å²) in [5.74, 6) is -0.115. The molecule has 2 N–H and O–H groups in total. The lowest BCUT2D eigenvalue weighted by Gasteiger charge is -2.42. The van der Waals surface area contributed by atoms with Gasteiger partial charge in [0.25, 0.3) is 0 Å². The summed E-state index contributed by atoms with van der Waals surface area (Å²) in [7, 11) is 2.15. The van der Waals surface area contributed by atoms with Crippen LogP contribution in [-0.4, -0.2) is 66.7 Å². The van der Waals surface area contributed by atoms with Gasteiger partial charge in [0.1, 0.15) is 0 Å². The molecule has 2 saturated heterocycles. The molecular formula is C12H22N3O2. The number of nitrogens with zero attached hydrogens (tertiary/aromatic N) is 2. The van der Waals surface area contributed by atoms with Gasteiger partial charge in [0.2, 0.25) is 0 Å². The fourth-order valence-electron chi connectivity index (χ4n) is 2.85. The highest BCUT2D eigenvalue weighted by Gasteiger charge is 2.32. The zero-order chi connectivity index (χ0) is 12.3. The summed E-state index contributed by atoms with van der Waals surface area (Å²) >= 11 is 0. The second-order valence-corrected chi connectivity index (χ2v) is 5.11. The molecular weight excluding hydrogens is 218 g/mol. The van der Waals surface area contributed by atoms with Crippen LogP contribution in [0.5, 0.6) is 0 Å². The summed E-state index contributed by atoms with van der Waals surface area (Å²) in [6.45, 7) is 6.10. The average Bonchev–Trinajstić information content (AvgIpc) is 2.30. The number of rotatable bonds is 3. The molecule has 5 heteroatoms. The first-order chi connectivity index (χ1) is 8.16. The molecule has 1 radical (unpaired) electrons. The van der Waals surface area contributed by atoms with Crippen molar-refractivity contribution in [3.63, 3.8) is 0 Å². The van der Waals surface area contributed by atoms with Crippen molar-refractivity contribution < 1.29 is 9.90 Å². The molecule has 0 aromatic carbocycles. The van der Waals surface area contributed by atoms with Crippen molar-refractivity contribution in [2.45, 2.75) is 18.9 Å². The van der Waals surface area contributed by atoms with Crippen LogP contribution in [0.2, 0.25) is 0 Å². The SMILES string of the molecule is CN1CCC(C2CNC[CH]N2CC(=O)O)CC1. The fourth-order valence-corrected chi connectivity index (χ4v) is 2.85. The quantitative estimate of drug-likeness (QED) is 0.718. The third-order valence-electron chi connectivity index (χ3n) is 3.87. The van der Waals surface area contributed by atoms with Crippen LogP contribution in [0.3, 0.4) is 0 Å². The zero-order valence-electron chi connectivity index (χ0n) is 10.4. The molecule has 2 heterocycles. The highest BCUT2D eigenvalue weighted by Crippen LogP contribution is 2.25. The van der Waals surface area contributed by atoms with Gasteiger partial charge in [-0.3, -0.25) is 9.69 Å². The minimum Gasteiger partial charge on any atom is -0.480 e. The molecule has 1 atom stereocenters. The van der Waals surface area contributed by atoms with Crippen LogP contribution in [0.15, 0.2) is 0 Å². The topological polar surface area (TPSA) is 55.8 Å². The molecule has 2 aliphatic heterocycles. The maximum Gasteiger partial charge on any atom is 0.317 e. The molecule has 0 aliphatic carbocycles. The molecule has 1 unspecified atom stereocenters.